The zero-order valence-corrected chi connectivity index (χ0v) is 9.92. The number of piperidine rings is 1. The summed E-state index contributed by atoms with van der Waals surface area (Å²) in [6.45, 7) is 10.8. The Morgan fingerprint density at radius 3 is 2.14 bits per heavy atom. The molecule has 1 rings (SSSR count). The maximum absolute atomic E-state index is 10.9. The molecule has 0 atom stereocenters. The SMILES string of the molecule is CC(C)C1CCN(C(C)(C)C=O)CC1. The van der Waals surface area contributed by atoms with Gasteiger partial charge < -0.3 is 4.79 Å². The van der Waals surface area contributed by atoms with E-state index in [4.69, 9.17) is 0 Å². The Labute approximate surface area is 87.7 Å². The molecule has 0 unspecified atom stereocenters. The number of hydrogen-bond acceptors (Lipinski definition) is 2. The third kappa shape index (κ3) is 2.57. The zero-order valence-electron chi connectivity index (χ0n) is 9.92. The molecule has 0 aromatic heterocycles. The molecule has 0 aromatic carbocycles. The standard InChI is InChI=1S/C12H23NO/c1-10(2)11-5-7-13(8-6-11)12(3,4)9-14/h9-11H,5-8H2,1-4H3. The second kappa shape index (κ2) is 4.43. The first-order valence-electron chi connectivity index (χ1n) is 5.68. The van der Waals surface area contributed by atoms with E-state index in [2.05, 4.69) is 18.7 Å². The molecule has 0 spiro atoms. The van der Waals surface area contributed by atoms with Gasteiger partial charge in [0.15, 0.2) is 0 Å². The molecule has 0 bridgehead atoms. The summed E-state index contributed by atoms with van der Waals surface area (Å²) in [5.74, 6) is 1.64. The van der Waals surface area contributed by atoms with Crippen molar-refractivity contribution in [1.82, 2.24) is 4.90 Å². The van der Waals surface area contributed by atoms with Crippen LogP contribution in [-0.4, -0.2) is 29.8 Å². The van der Waals surface area contributed by atoms with Gasteiger partial charge in [-0.05, 0) is 51.6 Å². The average Bonchev–Trinajstić information content (AvgIpc) is 2.18. The van der Waals surface area contributed by atoms with E-state index in [0.717, 1.165) is 31.2 Å². The minimum absolute atomic E-state index is 0.262. The van der Waals surface area contributed by atoms with Crippen LogP contribution in [-0.2, 0) is 4.79 Å². The molecule has 0 N–H and O–H groups in total. The topological polar surface area (TPSA) is 20.3 Å². The van der Waals surface area contributed by atoms with Crippen LogP contribution in [0.1, 0.15) is 40.5 Å². The molecular weight excluding hydrogens is 174 g/mol. The molecular formula is C12H23NO. The second-order valence-corrected chi connectivity index (χ2v) is 5.34. The van der Waals surface area contributed by atoms with E-state index in [9.17, 15) is 4.79 Å². The maximum Gasteiger partial charge on any atom is 0.139 e. The molecule has 14 heavy (non-hydrogen) atoms. The van der Waals surface area contributed by atoms with Crippen molar-refractivity contribution in [2.45, 2.75) is 46.1 Å². The van der Waals surface area contributed by atoms with Crippen molar-refractivity contribution in [3.8, 4) is 0 Å². The molecule has 0 radical (unpaired) electrons. The number of carbonyl (C=O) groups excluding carboxylic acids is 1. The van der Waals surface area contributed by atoms with Gasteiger partial charge in [-0.2, -0.15) is 0 Å². The van der Waals surface area contributed by atoms with Crippen molar-refractivity contribution in [2.24, 2.45) is 11.8 Å². The van der Waals surface area contributed by atoms with Crippen molar-refractivity contribution < 1.29 is 4.79 Å². The molecule has 1 aliphatic heterocycles. The predicted molar refractivity (Wildman–Crippen MR) is 59.3 cm³/mol. The summed E-state index contributed by atoms with van der Waals surface area (Å²) < 4.78 is 0. The van der Waals surface area contributed by atoms with Gasteiger partial charge >= 0.3 is 0 Å². The lowest BCUT2D eigenvalue weighted by Gasteiger charge is -2.40. The van der Waals surface area contributed by atoms with Gasteiger partial charge in [-0.3, -0.25) is 4.90 Å². The van der Waals surface area contributed by atoms with Crippen LogP contribution >= 0.6 is 0 Å². The monoisotopic (exact) mass is 197 g/mol. The summed E-state index contributed by atoms with van der Waals surface area (Å²) in [5.41, 5.74) is -0.262. The summed E-state index contributed by atoms with van der Waals surface area (Å²) in [5, 5.41) is 0. The van der Waals surface area contributed by atoms with E-state index in [1.165, 1.54) is 12.8 Å². The van der Waals surface area contributed by atoms with E-state index in [-0.39, 0.29) is 5.54 Å². The predicted octanol–water partition coefficient (Wildman–Crippen LogP) is 2.33. The minimum atomic E-state index is -0.262. The normalized spacial score (nSPS) is 21.5. The van der Waals surface area contributed by atoms with Gasteiger partial charge in [0.1, 0.15) is 6.29 Å². The first-order valence-corrected chi connectivity index (χ1v) is 5.68. The van der Waals surface area contributed by atoms with Crippen molar-refractivity contribution >= 4 is 6.29 Å². The quantitative estimate of drug-likeness (QED) is 0.647. The second-order valence-electron chi connectivity index (χ2n) is 5.34. The van der Waals surface area contributed by atoms with Gasteiger partial charge in [0.05, 0.1) is 5.54 Å². The van der Waals surface area contributed by atoms with Crippen molar-refractivity contribution in [2.75, 3.05) is 13.1 Å². The fourth-order valence-corrected chi connectivity index (χ4v) is 2.22. The van der Waals surface area contributed by atoms with Crippen LogP contribution in [0, 0.1) is 11.8 Å². The van der Waals surface area contributed by atoms with E-state index in [1.54, 1.807) is 0 Å². The molecule has 1 fully saturated rings. The number of carbonyl (C=O) groups is 1. The fraction of sp³-hybridized carbons (Fsp3) is 0.917. The zero-order chi connectivity index (χ0) is 10.8. The van der Waals surface area contributed by atoms with Crippen molar-refractivity contribution in [3.05, 3.63) is 0 Å². The molecule has 1 saturated heterocycles. The lowest BCUT2D eigenvalue weighted by molar-refractivity contribution is -0.117. The van der Waals surface area contributed by atoms with Crippen molar-refractivity contribution in [3.63, 3.8) is 0 Å². The molecule has 0 aliphatic carbocycles. The molecule has 0 aromatic rings. The smallest absolute Gasteiger partial charge is 0.139 e. The molecule has 0 amide bonds. The molecule has 0 saturated carbocycles. The highest BCUT2D eigenvalue weighted by atomic mass is 16.1. The van der Waals surface area contributed by atoms with E-state index < -0.39 is 0 Å². The van der Waals surface area contributed by atoms with Crippen LogP contribution in [0.5, 0.6) is 0 Å². The summed E-state index contributed by atoms with van der Waals surface area (Å²) in [6.07, 6.45) is 3.56. The van der Waals surface area contributed by atoms with E-state index >= 15 is 0 Å². The Hall–Kier alpha value is -0.370. The number of hydrogen-bond donors (Lipinski definition) is 0. The Bertz CT molecular complexity index is 190. The van der Waals surface area contributed by atoms with Crippen LogP contribution in [0.2, 0.25) is 0 Å². The Morgan fingerprint density at radius 1 is 1.29 bits per heavy atom. The number of nitrogens with zero attached hydrogens (tertiary/aromatic N) is 1. The molecule has 82 valence electrons. The first kappa shape index (κ1) is 11.7. The summed E-state index contributed by atoms with van der Waals surface area (Å²) in [7, 11) is 0. The van der Waals surface area contributed by atoms with Gasteiger partial charge in [0, 0.05) is 0 Å². The molecule has 1 aliphatic rings. The average molecular weight is 197 g/mol. The van der Waals surface area contributed by atoms with Crippen LogP contribution < -0.4 is 0 Å². The third-order valence-electron chi connectivity index (χ3n) is 3.59. The Balaban J connectivity index is 2.47. The summed E-state index contributed by atoms with van der Waals surface area (Å²) >= 11 is 0. The van der Waals surface area contributed by atoms with E-state index in [0.29, 0.717) is 0 Å². The Kier molecular flexibility index (Phi) is 3.71. The molecule has 2 heteroatoms. The lowest BCUT2D eigenvalue weighted by Crippen LogP contribution is -2.49. The van der Waals surface area contributed by atoms with Crippen LogP contribution in [0.15, 0.2) is 0 Å². The maximum atomic E-state index is 10.9. The van der Waals surface area contributed by atoms with Crippen LogP contribution in [0.3, 0.4) is 0 Å². The van der Waals surface area contributed by atoms with Gasteiger partial charge in [-0.1, -0.05) is 13.8 Å². The highest BCUT2D eigenvalue weighted by molar-refractivity contribution is 5.62. The third-order valence-corrected chi connectivity index (χ3v) is 3.59. The lowest BCUT2D eigenvalue weighted by atomic mass is 9.85. The summed E-state index contributed by atoms with van der Waals surface area (Å²) in [6, 6.07) is 0. The molecule has 2 nitrogen and oxygen atoms in total. The largest absolute Gasteiger partial charge is 0.301 e. The van der Waals surface area contributed by atoms with Crippen LogP contribution in [0.25, 0.3) is 0 Å². The number of aldehydes is 1. The van der Waals surface area contributed by atoms with Crippen molar-refractivity contribution in [1.29, 1.82) is 0 Å². The van der Waals surface area contributed by atoms with Gasteiger partial charge in [0.25, 0.3) is 0 Å². The summed E-state index contributed by atoms with van der Waals surface area (Å²) in [4.78, 5) is 13.2. The van der Waals surface area contributed by atoms with E-state index in [1.807, 2.05) is 13.8 Å². The van der Waals surface area contributed by atoms with Gasteiger partial charge in [-0.25, -0.2) is 0 Å². The van der Waals surface area contributed by atoms with Crippen LogP contribution in [0.4, 0.5) is 0 Å². The molecule has 1 heterocycles. The number of rotatable bonds is 3. The fourth-order valence-electron chi connectivity index (χ4n) is 2.22. The highest BCUT2D eigenvalue weighted by Crippen LogP contribution is 2.27. The minimum Gasteiger partial charge on any atom is -0.301 e. The Morgan fingerprint density at radius 2 is 1.79 bits per heavy atom. The van der Waals surface area contributed by atoms with Gasteiger partial charge in [-0.15, -0.1) is 0 Å². The number of likely N-dealkylation sites (tertiary alicyclic amines) is 1. The first-order chi connectivity index (χ1) is 6.47. The van der Waals surface area contributed by atoms with Gasteiger partial charge in [0.2, 0.25) is 0 Å². The highest BCUT2D eigenvalue weighted by Gasteiger charge is 2.30.